The van der Waals surface area contributed by atoms with Gasteiger partial charge in [0, 0.05) is 18.5 Å². The van der Waals surface area contributed by atoms with Gasteiger partial charge in [-0.25, -0.2) is 0 Å². The quantitative estimate of drug-likeness (QED) is 0.723. The Kier molecular flexibility index (Phi) is 5.05. The second kappa shape index (κ2) is 6.36. The molecule has 0 unspecified atom stereocenters. The third kappa shape index (κ3) is 3.84. The predicted molar refractivity (Wildman–Crippen MR) is 63.3 cm³/mol. The second-order valence-corrected chi connectivity index (χ2v) is 3.73. The van der Waals surface area contributed by atoms with Crippen molar-refractivity contribution in [2.45, 2.75) is 26.2 Å². The molecule has 0 heterocycles. The molecule has 15 heavy (non-hydrogen) atoms. The molecular formula is C13H19NO. The van der Waals surface area contributed by atoms with Crippen LogP contribution in [0.5, 0.6) is 0 Å². The van der Waals surface area contributed by atoms with E-state index in [0.29, 0.717) is 6.42 Å². The zero-order valence-electron chi connectivity index (χ0n) is 9.55. The largest absolute Gasteiger partial charge is 0.319 e. The summed E-state index contributed by atoms with van der Waals surface area (Å²) in [6.07, 6.45) is 2.74. The van der Waals surface area contributed by atoms with Gasteiger partial charge in [0.2, 0.25) is 0 Å². The summed E-state index contributed by atoms with van der Waals surface area (Å²) in [5.74, 6) is 0.224. The molecule has 0 fully saturated rings. The molecule has 0 aliphatic carbocycles. The SMILES string of the molecule is CCCc1cccc(C(=O)CCNC)c1. The highest BCUT2D eigenvalue weighted by atomic mass is 16.1. The Bertz CT molecular complexity index is 320. The summed E-state index contributed by atoms with van der Waals surface area (Å²) in [5.41, 5.74) is 2.10. The lowest BCUT2D eigenvalue weighted by Crippen LogP contribution is -2.13. The topological polar surface area (TPSA) is 29.1 Å². The van der Waals surface area contributed by atoms with Crippen LogP contribution in [0.3, 0.4) is 0 Å². The first kappa shape index (κ1) is 11.9. The van der Waals surface area contributed by atoms with Gasteiger partial charge in [-0.1, -0.05) is 31.5 Å². The molecular weight excluding hydrogens is 186 g/mol. The molecule has 0 saturated carbocycles. The first-order valence-corrected chi connectivity index (χ1v) is 5.54. The summed E-state index contributed by atoms with van der Waals surface area (Å²) < 4.78 is 0. The molecule has 1 aromatic rings. The van der Waals surface area contributed by atoms with Crippen LogP contribution in [0.4, 0.5) is 0 Å². The number of aryl methyl sites for hydroxylation is 1. The summed E-state index contributed by atoms with van der Waals surface area (Å²) in [6, 6.07) is 7.97. The maximum Gasteiger partial charge on any atom is 0.164 e. The number of rotatable bonds is 6. The first-order valence-electron chi connectivity index (χ1n) is 5.54. The van der Waals surface area contributed by atoms with E-state index in [2.05, 4.69) is 18.3 Å². The van der Waals surface area contributed by atoms with Crippen LogP contribution in [0.25, 0.3) is 0 Å². The van der Waals surface area contributed by atoms with Crippen LogP contribution in [-0.4, -0.2) is 19.4 Å². The lowest BCUT2D eigenvalue weighted by atomic mass is 10.0. The standard InChI is InChI=1S/C13H19NO/c1-3-5-11-6-4-7-12(10-11)13(15)8-9-14-2/h4,6-7,10,14H,3,5,8-9H2,1-2H3. The number of hydrogen-bond donors (Lipinski definition) is 1. The predicted octanol–water partition coefficient (Wildman–Crippen LogP) is 2.43. The fourth-order valence-corrected chi connectivity index (χ4v) is 1.57. The fourth-order valence-electron chi connectivity index (χ4n) is 1.57. The smallest absolute Gasteiger partial charge is 0.164 e. The normalized spacial score (nSPS) is 10.3. The van der Waals surface area contributed by atoms with Crippen molar-refractivity contribution in [1.82, 2.24) is 5.32 Å². The van der Waals surface area contributed by atoms with Gasteiger partial charge >= 0.3 is 0 Å². The Morgan fingerprint density at radius 1 is 1.40 bits per heavy atom. The van der Waals surface area contributed by atoms with Crippen molar-refractivity contribution in [3.63, 3.8) is 0 Å². The van der Waals surface area contributed by atoms with Gasteiger partial charge in [-0.15, -0.1) is 0 Å². The molecule has 0 radical (unpaired) electrons. The highest BCUT2D eigenvalue weighted by Crippen LogP contribution is 2.09. The first-order chi connectivity index (χ1) is 7.27. The van der Waals surface area contributed by atoms with Crippen molar-refractivity contribution in [2.24, 2.45) is 0 Å². The van der Waals surface area contributed by atoms with Gasteiger partial charge in [0.25, 0.3) is 0 Å². The number of ketones is 1. The Labute approximate surface area is 91.7 Å². The minimum absolute atomic E-state index is 0.224. The summed E-state index contributed by atoms with van der Waals surface area (Å²) in [4.78, 5) is 11.7. The Balaban J connectivity index is 2.67. The van der Waals surface area contributed by atoms with Gasteiger partial charge in [-0.2, -0.15) is 0 Å². The van der Waals surface area contributed by atoms with Gasteiger partial charge < -0.3 is 5.32 Å². The van der Waals surface area contributed by atoms with Gasteiger partial charge in [-0.05, 0) is 25.1 Å². The number of carbonyl (C=O) groups is 1. The average molecular weight is 205 g/mol. The molecule has 0 spiro atoms. The number of Topliss-reactive ketones (excluding diaryl/α,β-unsaturated/α-hetero) is 1. The van der Waals surface area contributed by atoms with E-state index in [1.54, 1.807) is 0 Å². The van der Waals surface area contributed by atoms with E-state index in [1.807, 2.05) is 25.2 Å². The molecule has 0 aliphatic heterocycles. The molecule has 0 saturated heterocycles. The fraction of sp³-hybridized carbons (Fsp3) is 0.462. The molecule has 2 heteroatoms. The van der Waals surface area contributed by atoms with Gasteiger partial charge in [0.1, 0.15) is 0 Å². The van der Waals surface area contributed by atoms with Crippen LogP contribution in [-0.2, 0) is 6.42 Å². The van der Waals surface area contributed by atoms with E-state index < -0.39 is 0 Å². The average Bonchev–Trinajstić information content (AvgIpc) is 2.27. The van der Waals surface area contributed by atoms with Gasteiger partial charge in [0.05, 0.1) is 0 Å². The van der Waals surface area contributed by atoms with Crippen molar-refractivity contribution in [3.8, 4) is 0 Å². The van der Waals surface area contributed by atoms with Crippen LogP contribution in [0.1, 0.15) is 35.7 Å². The number of nitrogens with one attached hydrogen (secondary N) is 1. The summed E-state index contributed by atoms with van der Waals surface area (Å²) in [7, 11) is 1.86. The van der Waals surface area contributed by atoms with E-state index in [-0.39, 0.29) is 5.78 Å². The highest BCUT2D eigenvalue weighted by molar-refractivity contribution is 5.96. The van der Waals surface area contributed by atoms with Crippen LogP contribution in [0, 0.1) is 0 Å². The molecule has 0 aromatic heterocycles. The lowest BCUT2D eigenvalue weighted by molar-refractivity contribution is 0.0983. The third-order valence-corrected chi connectivity index (χ3v) is 2.39. The van der Waals surface area contributed by atoms with Crippen LogP contribution in [0.15, 0.2) is 24.3 Å². The van der Waals surface area contributed by atoms with E-state index in [1.165, 1.54) is 5.56 Å². The molecule has 0 atom stereocenters. The lowest BCUT2D eigenvalue weighted by Gasteiger charge is -2.03. The molecule has 1 N–H and O–H groups in total. The monoisotopic (exact) mass is 205 g/mol. The van der Waals surface area contributed by atoms with Gasteiger partial charge in [0.15, 0.2) is 5.78 Å². The molecule has 1 rings (SSSR count). The van der Waals surface area contributed by atoms with E-state index in [0.717, 1.165) is 24.9 Å². The molecule has 82 valence electrons. The number of hydrogen-bond acceptors (Lipinski definition) is 2. The van der Waals surface area contributed by atoms with Crippen molar-refractivity contribution < 1.29 is 4.79 Å². The van der Waals surface area contributed by atoms with Crippen LogP contribution in [0.2, 0.25) is 0 Å². The minimum Gasteiger partial charge on any atom is -0.319 e. The summed E-state index contributed by atoms with van der Waals surface area (Å²) in [5, 5.41) is 2.99. The maximum absolute atomic E-state index is 11.7. The Morgan fingerprint density at radius 2 is 2.20 bits per heavy atom. The molecule has 0 bridgehead atoms. The number of benzene rings is 1. The minimum atomic E-state index is 0.224. The Hall–Kier alpha value is -1.15. The van der Waals surface area contributed by atoms with E-state index >= 15 is 0 Å². The van der Waals surface area contributed by atoms with Crippen LogP contribution < -0.4 is 5.32 Å². The van der Waals surface area contributed by atoms with E-state index in [4.69, 9.17) is 0 Å². The highest BCUT2D eigenvalue weighted by Gasteiger charge is 2.05. The van der Waals surface area contributed by atoms with Crippen molar-refractivity contribution >= 4 is 5.78 Å². The molecule has 0 aliphatic rings. The summed E-state index contributed by atoms with van der Waals surface area (Å²) >= 11 is 0. The molecule has 0 amide bonds. The third-order valence-electron chi connectivity index (χ3n) is 2.39. The van der Waals surface area contributed by atoms with Crippen molar-refractivity contribution in [3.05, 3.63) is 35.4 Å². The van der Waals surface area contributed by atoms with Crippen molar-refractivity contribution in [2.75, 3.05) is 13.6 Å². The molecule has 1 aromatic carbocycles. The molecule has 2 nitrogen and oxygen atoms in total. The maximum atomic E-state index is 11.7. The second-order valence-electron chi connectivity index (χ2n) is 3.73. The summed E-state index contributed by atoms with van der Waals surface area (Å²) in [6.45, 7) is 2.90. The zero-order chi connectivity index (χ0) is 11.1. The van der Waals surface area contributed by atoms with Crippen LogP contribution >= 0.6 is 0 Å². The number of carbonyl (C=O) groups excluding carboxylic acids is 1. The van der Waals surface area contributed by atoms with Crippen molar-refractivity contribution in [1.29, 1.82) is 0 Å². The van der Waals surface area contributed by atoms with E-state index in [9.17, 15) is 4.79 Å². The zero-order valence-corrected chi connectivity index (χ0v) is 9.55. The Morgan fingerprint density at radius 3 is 2.87 bits per heavy atom. The van der Waals surface area contributed by atoms with Gasteiger partial charge in [-0.3, -0.25) is 4.79 Å².